The molecule has 1 fully saturated rings. The molecule has 0 radical (unpaired) electrons. The minimum Gasteiger partial charge on any atom is -0.370 e. The van der Waals surface area contributed by atoms with Crippen LogP contribution in [0.25, 0.3) is 0 Å². The molecule has 4 nitrogen and oxygen atoms in total. The maximum Gasteiger partial charge on any atom is 0.416 e. The number of benzene rings is 2. The number of hydrogen-bond donors (Lipinski definition) is 1. The van der Waals surface area contributed by atoms with Crippen molar-refractivity contribution in [1.82, 2.24) is 0 Å². The summed E-state index contributed by atoms with van der Waals surface area (Å²) in [6, 6.07) is 12.6. The first-order valence-electron chi connectivity index (χ1n) is 9.19. The Labute approximate surface area is 171 Å². The van der Waals surface area contributed by atoms with E-state index in [1.807, 2.05) is 23.1 Å². The summed E-state index contributed by atoms with van der Waals surface area (Å²) in [4.78, 5) is 14.4. The Hall–Kier alpha value is -2.66. The average molecular weight is 419 g/mol. The smallest absolute Gasteiger partial charge is 0.370 e. The number of carbonyl (C=O) groups excluding carboxylic acids is 1. The molecule has 0 aromatic heterocycles. The van der Waals surface area contributed by atoms with Crippen molar-refractivity contribution in [1.29, 1.82) is 5.26 Å². The fourth-order valence-corrected chi connectivity index (χ4v) is 3.96. The molecule has 152 valence electrons. The Morgan fingerprint density at radius 2 is 1.83 bits per heavy atom. The van der Waals surface area contributed by atoms with Crippen LogP contribution in [0.1, 0.15) is 29.5 Å². The lowest BCUT2D eigenvalue weighted by atomic mass is 10.1. The molecule has 3 rings (SSSR count). The first-order valence-corrected chi connectivity index (χ1v) is 10.3. The van der Waals surface area contributed by atoms with Crippen molar-refractivity contribution in [3.8, 4) is 6.07 Å². The number of nitrogens with zero attached hydrogens (tertiary/aromatic N) is 2. The number of anilines is 2. The Morgan fingerprint density at radius 3 is 2.45 bits per heavy atom. The van der Waals surface area contributed by atoms with Crippen molar-refractivity contribution in [3.63, 3.8) is 0 Å². The first kappa shape index (κ1) is 21.1. The zero-order chi connectivity index (χ0) is 20.9. The fraction of sp³-hybridized carbons (Fsp3) is 0.333. The molecule has 1 aliphatic rings. The Morgan fingerprint density at radius 1 is 1.14 bits per heavy atom. The number of hydrogen-bond acceptors (Lipinski definition) is 4. The van der Waals surface area contributed by atoms with Gasteiger partial charge >= 0.3 is 6.18 Å². The van der Waals surface area contributed by atoms with E-state index in [2.05, 4.69) is 5.32 Å². The van der Waals surface area contributed by atoms with E-state index in [0.717, 1.165) is 43.6 Å². The van der Waals surface area contributed by atoms with Gasteiger partial charge in [-0.05, 0) is 48.7 Å². The third kappa shape index (κ3) is 5.67. The first-order chi connectivity index (χ1) is 13.9. The lowest BCUT2D eigenvalue weighted by Gasteiger charge is -2.23. The predicted octanol–water partition coefficient (Wildman–Crippen LogP) is 5.05. The number of rotatable bonds is 6. The average Bonchev–Trinajstić information content (AvgIpc) is 3.22. The van der Waals surface area contributed by atoms with E-state index in [1.165, 1.54) is 17.8 Å². The normalized spacial score (nSPS) is 13.9. The van der Waals surface area contributed by atoms with Crippen molar-refractivity contribution in [2.24, 2.45) is 0 Å². The van der Waals surface area contributed by atoms with Crippen LogP contribution >= 0.6 is 11.8 Å². The Balaban J connectivity index is 1.65. The third-order valence-electron chi connectivity index (χ3n) is 4.63. The van der Waals surface area contributed by atoms with Crippen molar-refractivity contribution < 1.29 is 18.0 Å². The fourth-order valence-electron chi connectivity index (χ4n) is 3.17. The molecular weight excluding hydrogens is 399 g/mol. The standard InChI is InChI=1S/C21H20F3N3OS/c22-21(23,24)17-7-8-19(27-9-1-2-10-27)18(11-17)26-20(28)14-29-13-16-5-3-15(12-25)4-6-16/h3-8,11H,1-2,9-10,13-14H2,(H,26,28). The summed E-state index contributed by atoms with van der Waals surface area (Å²) in [5.74, 6) is 0.347. The molecular formula is C21H20F3N3OS. The lowest BCUT2D eigenvalue weighted by Crippen LogP contribution is -2.22. The van der Waals surface area contributed by atoms with E-state index in [-0.39, 0.29) is 17.3 Å². The number of alkyl halides is 3. The molecule has 0 atom stereocenters. The molecule has 1 N–H and O–H groups in total. The van der Waals surface area contributed by atoms with Crippen LogP contribution in [-0.2, 0) is 16.7 Å². The van der Waals surface area contributed by atoms with Crippen LogP contribution in [0.15, 0.2) is 42.5 Å². The van der Waals surface area contributed by atoms with E-state index in [0.29, 0.717) is 17.0 Å². The highest BCUT2D eigenvalue weighted by Crippen LogP contribution is 2.36. The molecule has 0 aliphatic carbocycles. The van der Waals surface area contributed by atoms with Crippen LogP contribution in [-0.4, -0.2) is 24.7 Å². The molecule has 8 heteroatoms. The van der Waals surface area contributed by atoms with Gasteiger partial charge in [0.2, 0.25) is 5.91 Å². The number of nitrogens with one attached hydrogen (secondary N) is 1. The SMILES string of the molecule is N#Cc1ccc(CSCC(=O)Nc2cc(C(F)(F)F)ccc2N2CCCC2)cc1. The summed E-state index contributed by atoms with van der Waals surface area (Å²) in [5, 5.41) is 11.5. The van der Waals surface area contributed by atoms with E-state index < -0.39 is 11.7 Å². The van der Waals surface area contributed by atoms with Crippen molar-refractivity contribution in [3.05, 3.63) is 59.2 Å². The second-order valence-corrected chi connectivity index (χ2v) is 7.76. The summed E-state index contributed by atoms with van der Waals surface area (Å²) < 4.78 is 39.3. The van der Waals surface area contributed by atoms with E-state index >= 15 is 0 Å². The molecule has 2 aromatic rings. The molecule has 2 aromatic carbocycles. The quantitative estimate of drug-likeness (QED) is 0.712. The van der Waals surface area contributed by atoms with Gasteiger partial charge in [-0.1, -0.05) is 12.1 Å². The highest BCUT2D eigenvalue weighted by Gasteiger charge is 2.32. The maximum absolute atomic E-state index is 13.1. The van der Waals surface area contributed by atoms with E-state index in [4.69, 9.17) is 5.26 Å². The number of carbonyl (C=O) groups is 1. The van der Waals surface area contributed by atoms with Gasteiger partial charge in [0.05, 0.1) is 34.3 Å². The van der Waals surface area contributed by atoms with Gasteiger partial charge in [-0.3, -0.25) is 4.79 Å². The van der Waals surface area contributed by atoms with Crippen LogP contribution in [0.5, 0.6) is 0 Å². The van der Waals surface area contributed by atoms with Crippen LogP contribution in [0, 0.1) is 11.3 Å². The number of nitriles is 1. The van der Waals surface area contributed by atoms with Gasteiger partial charge in [-0.15, -0.1) is 11.8 Å². The van der Waals surface area contributed by atoms with Crippen molar-refractivity contribution in [2.45, 2.75) is 24.8 Å². The molecule has 1 saturated heterocycles. The zero-order valence-electron chi connectivity index (χ0n) is 15.6. The lowest BCUT2D eigenvalue weighted by molar-refractivity contribution is -0.137. The van der Waals surface area contributed by atoms with Gasteiger partial charge in [0.25, 0.3) is 0 Å². The molecule has 0 spiro atoms. The maximum atomic E-state index is 13.1. The topological polar surface area (TPSA) is 56.1 Å². The third-order valence-corrected chi connectivity index (χ3v) is 5.63. The van der Waals surface area contributed by atoms with Crippen LogP contribution in [0.3, 0.4) is 0 Å². The number of amides is 1. The van der Waals surface area contributed by atoms with Gasteiger partial charge in [0.15, 0.2) is 0 Å². The zero-order valence-corrected chi connectivity index (χ0v) is 16.4. The van der Waals surface area contributed by atoms with Gasteiger partial charge in [-0.2, -0.15) is 18.4 Å². The minimum absolute atomic E-state index is 0.121. The van der Waals surface area contributed by atoms with Crippen LogP contribution in [0.4, 0.5) is 24.5 Å². The highest BCUT2D eigenvalue weighted by atomic mass is 32.2. The predicted molar refractivity (Wildman–Crippen MR) is 109 cm³/mol. The van der Waals surface area contributed by atoms with Gasteiger partial charge in [0, 0.05) is 18.8 Å². The molecule has 29 heavy (non-hydrogen) atoms. The summed E-state index contributed by atoms with van der Waals surface area (Å²) in [6.45, 7) is 1.53. The molecule has 0 unspecified atom stereocenters. The van der Waals surface area contributed by atoms with Gasteiger partial charge in [-0.25, -0.2) is 0 Å². The molecule has 0 bridgehead atoms. The summed E-state index contributed by atoms with van der Waals surface area (Å²) in [6.07, 6.45) is -2.50. The second-order valence-electron chi connectivity index (χ2n) is 6.77. The highest BCUT2D eigenvalue weighted by molar-refractivity contribution is 7.99. The van der Waals surface area contributed by atoms with E-state index in [9.17, 15) is 18.0 Å². The number of thioether (sulfide) groups is 1. The summed E-state index contributed by atoms with van der Waals surface area (Å²) in [7, 11) is 0. The minimum atomic E-state index is -4.46. The summed E-state index contributed by atoms with van der Waals surface area (Å²) >= 11 is 1.36. The van der Waals surface area contributed by atoms with Crippen molar-refractivity contribution in [2.75, 3.05) is 29.1 Å². The number of halogens is 3. The van der Waals surface area contributed by atoms with Gasteiger partial charge < -0.3 is 10.2 Å². The second kappa shape index (κ2) is 9.23. The van der Waals surface area contributed by atoms with Crippen molar-refractivity contribution >= 4 is 29.0 Å². The van der Waals surface area contributed by atoms with Crippen LogP contribution in [0.2, 0.25) is 0 Å². The largest absolute Gasteiger partial charge is 0.416 e. The van der Waals surface area contributed by atoms with Crippen LogP contribution < -0.4 is 10.2 Å². The molecule has 1 aliphatic heterocycles. The molecule has 1 heterocycles. The monoisotopic (exact) mass is 419 g/mol. The van der Waals surface area contributed by atoms with Gasteiger partial charge in [0.1, 0.15) is 0 Å². The summed E-state index contributed by atoms with van der Waals surface area (Å²) in [5.41, 5.74) is 1.58. The molecule has 0 saturated carbocycles. The molecule has 1 amide bonds. The van der Waals surface area contributed by atoms with E-state index in [1.54, 1.807) is 12.1 Å². The Kier molecular flexibility index (Phi) is 6.70. The Bertz CT molecular complexity index is 901.